The molecule has 4 rings (SSSR count). The Bertz CT molecular complexity index is 1190. The lowest BCUT2D eigenvalue weighted by Crippen LogP contribution is -2.49. The third kappa shape index (κ3) is 5.46. The Morgan fingerprint density at radius 2 is 2.11 bits per heavy atom. The number of nitriles is 1. The smallest absolute Gasteiger partial charge is 0.271 e. The number of amides is 3. The normalized spacial score (nSPS) is 22.8. The molecule has 0 radical (unpaired) electrons. The van der Waals surface area contributed by atoms with Crippen molar-refractivity contribution in [1.29, 1.82) is 5.26 Å². The maximum Gasteiger partial charge on any atom is 0.271 e. The van der Waals surface area contributed by atoms with Crippen molar-refractivity contribution in [2.75, 3.05) is 20.2 Å². The van der Waals surface area contributed by atoms with Gasteiger partial charge in [0, 0.05) is 36.3 Å². The van der Waals surface area contributed by atoms with Crippen LogP contribution in [-0.4, -0.2) is 71.6 Å². The number of aromatic amines is 1. The Morgan fingerprint density at radius 3 is 2.75 bits per heavy atom. The molecule has 0 aliphatic carbocycles. The van der Waals surface area contributed by atoms with Gasteiger partial charge in [0.15, 0.2) is 0 Å². The van der Waals surface area contributed by atoms with Crippen LogP contribution in [0.3, 0.4) is 0 Å². The Balaban J connectivity index is 1.55. The predicted octanol–water partition coefficient (Wildman–Crippen LogP) is 2.11. The van der Waals surface area contributed by atoms with Crippen molar-refractivity contribution in [3.05, 3.63) is 30.0 Å². The second-order valence-corrected chi connectivity index (χ2v) is 10.4. The van der Waals surface area contributed by atoms with E-state index in [4.69, 9.17) is 9.47 Å². The maximum absolute atomic E-state index is 13.6. The quantitative estimate of drug-likeness (QED) is 0.538. The highest BCUT2D eigenvalue weighted by Gasteiger charge is 2.43. The van der Waals surface area contributed by atoms with Crippen molar-refractivity contribution in [2.45, 2.75) is 63.8 Å². The number of H-pyrrole nitrogens is 1. The first kappa shape index (κ1) is 25.5. The first-order valence-corrected chi connectivity index (χ1v) is 12.2. The minimum absolute atomic E-state index is 0.102. The molecule has 1 unspecified atom stereocenters. The molecule has 10 heteroatoms. The first-order chi connectivity index (χ1) is 17.1. The SMILES string of the molecule is COc1cccc2[nH]c(C(=O)N3C[C@H](OC(C)(C)C)C[C@H]3C(=O)NC(C#N)C[C@@H]3CCNC3=O)cc12. The molecule has 0 spiro atoms. The van der Waals surface area contributed by atoms with E-state index in [2.05, 4.69) is 21.7 Å². The van der Waals surface area contributed by atoms with Gasteiger partial charge in [-0.2, -0.15) is 5.26 Å². The third-order valence-electron chi connectivity index (χ3n) is 6.58. The fourth-order valence-electron chi connectivity index (χ4n) is 5.00. The number of rotatable bonds is 7. The van der Waals surface area contributed by atoms with Crippen LogP contribution in [0, 0.1) is 17.2 Å². The largest absolute Gasteiger partial charge is 0.496 e. The van der Waals surface area contributed by atoms with Crippen LogP contribution in [0.1, 0.15) is 50.5 Å². The lowest BCUT2D eigenvalue weighted by molar-refractivity contribution is -0.126. The van der Waals surface area contributed by atoms with Gasteiger partial charge in [-0.05, 0) is 51.8 Å². The van der Waals surface area contributed by atoms with Crippen molar-refractivity contribution in [2.24, 2.45) is 5.92 Å². The van der Waals surface area contributed by atoms with Gasteiger partial charge in [0.25, 0.3) is 5.91 Å². The lowest BCUT2D eigenvalue weighted by Gasteiger charge is -2.25. The molecule has 2 fully saturated rings. The van der Waals surface area contributed by atoms with E-state index in [1.165, 1.54) is 4.90 Å². The number of carbonyl (C=O) groups excluding carboxylic acids is 3. The second kappa shape index (κ2) is 10.2. The van der Waals surface area contributed by atoms with Crippen molar-refractivity contribution in [1.82, 2.24) is 20.5 Å². The highest BCUT2D eigenvalue weighted by atomic mass is 16.5. The zero-order chi connectivity index (χ0) is 26.0. The van der Waals surface area contributed by atoms with Crippen LogP contribution < -0.4 is 15.4 Å². The summed E-state index contributed by atoms with van der Waals surface area (Å²) in [7, 11) is 1.57. The van der Waals surface area contributed by atoms with Crippen molar-refractivity contribution in [3.63, 3.8) is 0 Å². The molecule has 1 aromatic carbocycles. The number of nitrogens with one attached hydrogen (secondary N) is 3. The first-order valence-electron chi connectivity index (χ1n) is 12.2. The standard InChI is InChI=1S/C26H33N5O5/c1-26(2,3)36-17-11-21(24(33)29-16(13-27)10-15-8-9-28-23(15)32)31(14-17)25(34)20-12-18-19(30-20)6-5-7-22(18)35-4/h5-7,12,15-17,21,30H,8-11,14H2,1-4H3,(H,28,32)(H,29,33)/t15-,16?,17+,21-/m0/s1. The number of hydrogen-bond donors (Lipinski definition) is 3. The van der Waals surface area contributed by atoms with Crippen LogP contribution in [0.2, 0.25) is 0 Å². The van der Waals surface area contributed by atoms with Crippen LogP contribution in [-0.2, 0) is 14.3 Å². The number of fused-ring (bicyclic) bond motifs is 1. The van der Waals surface area contributed by atoms with E-state index in [0.29, 0.717) is 30.8 Å². The van der Waals surface area contributed by atoms with Gasteiger partial charge in [-0.15, -0.1) is 0 Å². The number of methoxy groups -OCH3 is 1. The number of likely N-dealkylation sites (tertiary alicyclic amines) is 1. The molecule has 2 saturated heterocycles. The molecule has 2 aromatic rings. The van der Waals surface area contributed by atoms with E-state index >= 15 is 0 Å². The summed E-state index contributed by atoms with van der Waals surface area (Å²) < 4.78 is 11.5. The third-order valence-corrected chi connectivity index (χ3v) is 6.58. The summed E-state index contributed by atoms with van der Waals surface area (Å²) in [6.07, 6.45) is 0.829. The average molecular weight is 496 g/mol. The van der Waals surface area contributed by atoms with Crippen molar-refractivity contribution in [3.8, 4) is 11.8 Å². The molecular formula is C26H33N5O5. The number of ether oxygens (including phenoxy) is 2. The average Bonchev–Trinajstić information content (AvgIpc) is 3.55. The highest BCUT2D eigenvalue weighted by Crippen LogP contribution is 2.30. The zero-order valence-corrected chi connectivity index (χ0v) is 21.1. The molecular weight excluding hydrogens is 462 g/mol. The lowest BCUT2D eigenvalue weighted by atomic mass is 9.98. The summed E-state index contributed by atoms with van der Waals surface area (Å²) in [6, 6.07) is 7.67. The predicted molar refractivity (Wildman–Crippen MR) is 132 cm³/mol. The number of nitrogens with zero attached hydrogens (tertiary/aromatic N) is 2. The molecule has 192 valence electrons. The summed E-state index contributed by atoms with van der Waals surface area (Å²) in [6.45, 7) is 6.59. The molecule has 3 amide bonds. The highest BCUT2D eigenvalue weighted by molar-refractivity contribution is 6.01. The number of benzene rings is 1. The van der Waals surface area contributed by atoms with Gasteiger partial charge in [-0.1, -0.05) is 6.07 Å². The summed E-state index contributed by atoms with van der Waals surface area (Å²) in [4.78, 5) is 43.6. The maximum atomic E-state index is 13.6. The molecule has 0 bridgehead atoms. The van der Waals surface area contributed by atoms with E-state index in [1.54, 1.807) is 13.2 Å². The van der Waals surface area contributed by atoms with Crippen LogP contribution >= 0.6 is 0 Å². The van der Waals surface area contributed by atoms with E-state index in [-0.39, 0.29) is 36.8 Å². The molecule has 1 aromatic heterocycles. The van der Waals surface area contributed by atoms with Gasteiger partial charge in [-0.3, -0.25) is 14.4 Å². The molecule has 3 N–H and O–H groups in total. The Morgan fingerprint density at radius 1 is 1.33 bits per heavy atom. The van der Waals surface area contributed by atoms with Gasteiger partial charge >= 0.3 is 0 Å². The van der Waals surface area contributed by atoms with Gasteiger partial charge in [0.05, 0.1) is 24.9 Å². The van der Waals surface area contributed by atoms with E-state index < -0.39 is 23.6 Å². The van der Waals surface area contributed by atoms with Crippen molar-refractivity contribution < 1.29 is 23.9 Å². The van der Waals surface area contributed by atoms with E-state index in [1.807, 2.05) is 39.0 Å². The van der Waals surface area contributed by atoms with Crippen LogP contribution in [0.5, 0.6) is 5.75 Å². The Kier molecular flexibility index (Phi) is 7.22. The van der Waals surface area contributed by atoms with Gasteiger partial charge in [0.2, 0.25) is 11.8 Å². The number of carbonyl (C=O) groups is 3. The van der Waals surface area contributed by atoms with Gasteiger partial charge < -0.3 is 30.0 Å². The Hall–Kier alpha value is -3.58. The molecule has 2 aliphatic heterocycles. The summed E-state index contributed by atoms with van der Waals surface area (Å²) >= 11 is 0. The summed E-state index contributed by atoms with van der Waals surface area (Å²) in [5.74, 6) is -0.538. The topological polar surface area (TPSA) is 137 Å². The minimum atomic E-state index is -0.830. The molecule has 4 atom stereocenters. The van der Waals surface area contributed by atoms with Crippen LogP contribution in [0.4, 0.5) is 0 Å². The van der Waals surface area contributed by atoms with Gasteiger partial charge in [0.1, 0.15) is 23.5 Å². The second-order valence-electron chi connectivity index (χ2n) is 10.4. The van der Waals surface area contributed by atoms with Crippen molar-refractivity contribution >= 4 is 28.6 Å². The number of aromatic nitrogens is 1. The van der Waals surface area contributed by atoms with Gasteiger partial charge in [-0.25, -0.2) is 0 Å². The number of hydrogen-bond acceptors (Lipinski definition) is 6. The molecule has 10 nitrogen and oxygen atoms in total. The summed E-state index contributed by atoms with van der Waals surface area (Å²) in [5.41, 5.74) is 0.632. The fraction of sp³-hybridized carbons (Fsp3) is 0.538. The molecule has 2 aliphatic rings. The minimum Gasteiger partial charge on any atom is -0.496 e. The van der Waals surface area contributed by atoms with Crippen LogP contribution in [0.15, 0.2) is 24.3 Å². The zero-order valence-electron chi connectivity index (χ0n) is 21.1. The van der Waals surface area contributed by atoms with E-state index in [9.17, 15) is 19.6 Å². The molecule has 36 heavy (non-hydrogen) atoms. The van der Waals surface area contributed by atoms with Crippen LogP contribution in [0.25, 0.3) is 10.9 Å². The van der Waals surface area contributed by atoms with E-state index in [0.717, 1.165) is 10.9 Å². The fourth-order valence-corrected chi connectivity index (χ4v) is 5.00. The molecule has 3 heterocycles. The monoisotopic (exact) mass is 495 g/mol. The Labute approximate surface area is 210 Å². The molecule has 0 saturated carbocycles. The summed E-state index contributed by atoms with van der Waals surface area (Å²) in [5, 5.41) is 15.9.